The normalized spacial score (nSPS) is 12.9. The lowest BCUT2D eigenvalue weighted by Crippen LogP contribution is -2.30. The maximum atomic E-state index is 12.8. The summed E-state index contributed by atoms with van der Waals surface area (Å²) < 4.78 is 16.7. The number of carbonyl (C=O) groups excluding carboxylic acids is 3. The van der Waals surface area contributed by atoms with Crippen LogP contribution in [0.4, 0.5) is 0 Å². The van der Waals surface area contributed by atoms with Crippen molar-refractivity contribution in [3.63, 3.8) is 0 Å². The third-order valence-corrected chi connectivity index (χ3v) is 10.1. The summed E-state index contributed by atoms with van der Waals surface area (Å²) in [4.78, 5) is 37.9. The third-order valence-electron chi connectivity index (χ3n) is 10.1. The van der Waals surface area contributed by atoms with Gasteiger partial charge in [-0.3, -0.25) is 14.4 Å². The molecule has 1 atom stereocenters. The molecule has 6 nitrogen and oxygen atoms in total. The van der Waals surface area contributed by atoms with Gasteiger partial charge in [0.1, 0.15) is 13.2 Å². The first-order valence-electron chi connectivity index (χ1n) is 24.8. The molecule has 0 radical (unpaired) electrons. The van der Waals surface area contributed by atoms with Gasteiger partial charge in [0.05, 0.1) is 0 Å². The molecule has 0 aromatic heterocycles. The first kappa shape index (κ1) is 57.3. The van der Waals surface area contributed by atoms with E-state index in [1.807, 2.05) is 36.5 Å². The van der Waals surface area contributed by atoms with E-state index in [2.05, 4.69) is 81.5 Å². The lowest BCUT2D eigenvalue weighted by Gasteiger charge is -2.18. The predicted molar refractivity (Wildman–Crippen MR) is 260 cm³/mol. The van der Waals surface area contributed by atoms with Crippen LogP contribution in [-0.2, 0) is 28.6 Å². The number of allylic oxidation sites excluding steroid dienone is 16. The Morgan fingerprint density at radius 3 is 1.23 bits per heavy atom. The van der Waals surface area contributed by atoms with Crippen LogP contribution in [0, 0.1) is 0 Å². The van der Waals surface area contributed by atoms with E-state index in [-0.39, 0.29) is 37.5 Å². The van der Waals surface area contributed by atoms with Crippen LogP contribution in [0.3, 0.4) is 0 Å². The molecule has 0 fully saturated rings. The quantitative estimate of drug-likeness (QED) is 0.0200. The zero-order chi connectivity index (χ0) is 44.4. The van der Waals surface area contributed by atoms with Crippen LogP contribution in [-0.4, -0.2) is 37.2 Å². The molecule has 0 saturated heterocycles. The number of unbranched alkanes of at least 4 members (excludes halogenated alkanes) is 19. The van der Waals surface area contributed by atoms with Crippen molar-refractivity contribution in [3.05, 3.63) is 97.2 Å². The average Bonchev–Trinajstić information content (AvgIpc) is 3.26. The van der Waals surface area contributed by atoms with Gasteiger partial charge in [-0.05, 0) is 96.3 Å². The van der Waals surface area contributed by atoms with Gasteiger partial charge in [-0.2, -0.15) is 0 Å². The van der Waals surface area contributed by atoms with E-state index in [0.29, 0.717) is 12.8 Å². The standard InChI is InChI=1S/C55H90O6/c1-4-7-10-13-16-19-22-25-27-28-31-33-36-39-42-45-48-54(57)60-51-52(50-59-53(56)47-44-41-38-35-32-29-24-21-18-15-12-9-6-3)61-55(58)49-46-43-40-37-34-30-26-23-20-17-14-11-8-5-2/h8-9,11-12,15,17-18,20-21,24,26-30,32,52H,4-7,10,13-14,16,19,22-23,25,31,33-51H2,1-3H3/b11-8+,12-9+,18-15+,20-17+,24-21+,28-27+,30-26+,32-29+. The lowest BCUT2D eigenvalue weighted by atomic mass is 10.1. The zero-order valence-corrected chi connectivity index (χ0v) is 39.4. The van der Waals surface area contributed by atoms with E-state index in [9.17, 15) is 14.4 Å². The minimum absolute atomic E-state index is 0.105. The van der Waals surface area contributed by atoms with E-state index in [1.165, 1.54) is 57.8 Å². The lowest BCUT2D eigenvalue weighted by molar-refractivity contribution is -0.167. The van der Waals surface area contributed by atoms with E-state index >= 15 is 0 Å². The first-order chi connectivity index (χ1) is 30.0. The van der Waals surface area contributed by atoms with Crippen LogP contribution in [0.5, 0.6) is 0 Å². The molecule has 0 amide bonds. The summed E-state index contributed by atoms with van der Waals surface area (Å²) in [6.07, 6.45) is 63.9. The second-order valence-corrected chi connectivity index (χ2v) is 16.0. The molecule has 0 aromatic rings. The Labute approximate surface area is 375 Å². The molecule has 1 unspecified atom stereocenters. The van der Waals surface area contributed by atoms with E-state index in [0.717, 1.165) is 116 Å². The van der Waals surface area contributed by atoms with Crippen molar-refractivity contribution in [2.24, 2.45) is 0 Å². The highest BCUT2D eigenvalue weighted by Crippen LogP contribution is 2.13. The maximum absolute atomic E-state index is 12.8. The van der Waals surface area contributed by atoms with Crippen LogP contribution in [0.2, 0.25) is 0 Å². The molecular formula is C55H90O6. The molecule has 0 aliphatic heterocycles. The summed E-state index contributed by atoms with van der Waals surface area (Å²) in [6.45, 7) is 6.30. The highest BCUT2D eigenvalue weighted by atomic mass is 16.6. The molecular weight excluding hydrogens is 757 g/mol. The summed E-state index contributed by atoms with van der Waals surface area (Å²) in [5, 5.41) is 0. The number of hydrogen-bond donors (Lipinski definition) is 0. The Bertz CT molecular complexity index is 1250. The highest BCUT2D eigenvalue weighted by Gasteiger charge is 2.19. The van der Waals surface area contributed by atoms with Crippen LogP contribution >= 0.6 is 0 Å². The van der Waals surface area contributed by atoms with Crippen LogP contribution in [0.25, 0.3) is 0 Å². The Morgan fingerprint density at radius 1 is 0.361 bits per heavy atom. The maximum Gasteiger partial charge on any atom is 0.306 e. The van der Waals surface area contributed by atoms with E-state index in [1.54, 1.807) is 0 Å². The minimum Gasteiger partial charge on any atom is -0.462 e. The molecule has 0 bridgehead atoms. The van der Waals surface area contributed by atoms with Crippen molar-refractivity contribution in [2.45, 2.75) is 219 Å². The summed E-state index contributed by atoms with van der Waals surface area (Å²) in [6, 6.07) is 0. The Hall–Kier alpha value is -3.67. The number of carbonyl (C=O) groups is 3. The first-order valence-corrected chi connectivity index (χ1v) is 24.8. The highest BCUT2D eigenvalue weighted by molar-refractivity contribution is 5.71. The van der Waals surface area contributed by atoms with Gasteiger partial charge >= 0.3 is 17.9 Å². The number of rotatable bonds is 43. The molecule has 0 heterocycles. The SMILES string of the molecule is CC/C=C/C=C/C=C/C=C/CCCCCC(=O)OCC(COC(=O)CCCCCCC/C=C/CCCCCCCCC)OC(=O)CCCCCC/C=C/C/C=C/C/C=C/CC. The number of ether oxygens (including phenoxy) is 3. The molecule has 6 heteroatoms. The van der Waals surface area contributed by atoms with Gasteiger partial charge < -0.3 is 14.2 Å². The molecule has 346 valence electrons. The largest absolute Gasteiger partial charge is 0.462 e. The number of hydrogen-bond acceptors (Lipinski definition) is 6. The molecule has 0 saturated carbocycles. The summed E-state index contributed by atoms with van der Waals surface area (Å²) >= 11 is 0. The van der Waals surface area contributed by atoms with Gasteiger partial charge in [0.15, 0.2) is 6.10 Å². The van der Waals surface area contributed by atoms with Crippen LogP contribution < -0.4 is 0 Å². The predicted octanol–water partition coefficient (Wildman–Crippen LogP) is 16.2. The van der Waals surface area contributed by atoms with Crippen molar-refractivity contribution in [1.82, 2.24) is 0 Å². The van der Waals surface area contributed by atoms with Gasteiger partial charge in [0, 0.05) is 19.3 Å². The van der Waals surface area contributed by atoms with Crippen LogP contribution in [0.1, 0.15) is 213 Å². The number of esters is 3. The van der Waals surface area contributed by atoms with Gasteiger partial charge in [0.25, 0.3) is 0 Å². The monoisotopic (exact) mass is 847 g/mol. The molecule has 0 aliphatic rings. The topological polar surface area (TPSA) is 78.9 Å². The molecule has 61 heavy (non-hydrogen) atoms. The fraction of sp³-hybridized carbons (Fsp3) is 0.655. The van der Waals surface area contributed by atoms with Gasteiger partial charge in [-0.1, -0.05) is 195 Å². The summed E-state index contributed by atoms with van der Waals surface area (Å²) in [5.41, 5.74) is 0. The molecule has 0 spiro atoms. The second kappa shape index (κ2) is 49.0. The Morgan fingerprint density at radius 2 is 0.721 bits per heavy atom. The molecule has 0 N–H and O–H groups in total. The van der Waals surface area contributed by atoms with Gasteiger partial charge in [-0.15, -0.1) is 0 Å². The fourth-order valence-corrected chi connectivity index (χ4v) is 6.46. The molecule has 0 rings (SSSR count). The third kappa shape index (κ3) is 47.2. The van der Waals surface area contributed by atoms with Crippen molar-refractivity contribution in [1.29, 1.82) is 0 Å². The Kier molecular flexibility index (Phi) is 46.0. The Balaban J connectivity index is 4.49. The van der Waals surface area contributed by atoms with Gasteiger partial charge in [-0.25, -0.2) is 0 Å². The second-order valence-electron chi connectivity index (χ2n) is 16.0. The van der Waals surface area contributed by atoms with Crippen molar-refractivity contribution in [2.75, 3.05) is 13.2 Å². The van der Waals surface area contributed by atoms with E-state index < -0.39 is 6.10 Å². The zero-order valence-electron chi connectivity index (χ0n) is 39.4. The molecule has 0 aliphatic carbocycles. The fourth-order valence-electron chi connectivity index (χ4n) is 6.46. The van der Waals surface area contributed by atoms with Crippen molar-refractivity contribution in [3.8, 4) is 0 Å². The minimum atomic E-state index is -0.809. The summed E-state index contributed by atoms with van der Waals surface area (Å²) in [5.74, 6) is -0.981. The molecule has 0 aromatic carbocycles. The van der Waals surface area contributed by atoms with Crippen LogP contribution in [0.15, 0.2) is 97.2 Å². The smallest absolute Gasteiger partial charge is 0.306 e. The summed E-state index contributed by atoms with van der Waals surface area (Å²) in [7, 11) is 0. The van der Waals surface area contributed by atoms with Crippen molar-refractivity contribution < 1.29 is 28.6 Å². The van der Waals surface area contributed by atoms with Crippen molar-refractivity contribution >= 4 is 17.9 Å². The van der Waals surface area contributed by atoms with E-state index in [4.69, 9.17) is 14.2 Å². The average molecular weight is 847 g/mol. The van der Waals surface area contributed by atoms with Gasteiger partial charge in [0.2, 0.25) is 0 Å².